The summed E-state index contributed by atoms with van der Waals surface area (Å²) in [6.07, 6.45) is -6.41. The lowest BCUT2D eigenvalue weighted by molar-refractivity contribution is -0.319. The third kappa shape index (κ3) is 1.80. The van der Waals surface area contributed by atoms with E-state index in [0.717, 1.165) is 0 Å². The SMILES string of the molecule is O=C([O-])C1C[C@@H](O)C(O)[C@H](O)[C@@H]1O. The van der Waals surface area contributed by atoms with Crippen LogP contribution in [0.15, 0.2) is 0 Å². The first-order valence-corrected chi connectivity index (χ1v) is 3.88. The molecule has 5 atom stereocenters. The lowest BCUT2D eigenvalue weighted by Crippen LogP contribution is -2.57. The zero-order chi connectivity index (χ0) is 10.2. The summed E-state index contributed by atoms with van der Waals surface area (Å²) < 4.78 is 0. The van der Waals surface area contributed by atoms with Gasteiger partial charge in [0.05, 0.1) is 12.2 Å². The van der Waals surface area contributed by atoms with Gasteiger partial charge >= 0.3 is 0 Å². The fraction of sp³-hybridized carbons (Fsp3) is 0.857. The maximum absolute atomic E-state index is 10.4. The molecule has 1 saturated carbocycles. The number of carboxylic acid groups (broad SMARTS) is 1. The van der Waals surface area contributed by atoms with Gasteiger partial charge < -0.3 is 30.3 Å². The van der Waals surface area contributed by atoms with Crippen molar-refractivity contribution in [2.75, 3.05) is 0 Å². The van der Waals surface area contributed by atoms with E-state index in [9.17, 15) is 9.90 Å². The average Bonchev–Trinajstić information content (AvgIpc) is 2.07. The van der Waals surface area contributed by atoms with E-state index in [2.05, 4.69) is 0 Å². The highest BCUT2D eigenvalue weighted by Gasteiger charge is 2.42. The van der Waals surface area contributed by atoms with Crippen molar-refractivity contribution in [2.24, 2.45) is 5.92 Å². The summed E-state index contributed by atoms with van der Waals surface area (Å²) >= 11 is 0. The summed E-state index contributed by atoms with van der Waals surface area (Å²) in [5.74, 6) is -2.88. The Morgan fingerprint density at radius 1 is 1.08 bits per heavy atom. The lowest BCUT2D eigenvalue weighted by atomic mass is 9.81. The van der Waals surface area contributed by atoms with Crippen LogP contribution in [0.25, 0.3) is 0 Å². The second-order valence-corrected chi connectivity index (χ2v) is 3.20. The molecule has 1 fully saturated rings. The fourth-order valence-corrected chi connectivity index (χ4v) is 1.44. The van der Waals surface area contributed by atoms with Crippen LogP contribution >= 0.6 is 0 Å². The lowest BCUT2D eigenvalue weighted by Gasteiger charge is -2.38. The number of carbonyl (C=O) groups is 1. The highest BCUT2D eigenvalue weighted by atomic mass is 16.4. The number of aliphatic hydroxyl groups excluding tert-OH is 4. The molecule has 6 heteroatoms. The second-order valence-electron chi connectivity index (χ2n) is 3.20. The standard InChI is InChI=1S/C7H12O6/c8-3-1-2(7(12)13)4(9)6(11)5(3)10/h2-6,8-11H,1H2,(H,12,13)/p-1/t2?,3-,4-,5?,6-/m1/s1. The minimum absolute atomic E-state index is 0.318. The molecule has 1 rings (SSSR count). The Balaban J connectivity index is 2.76. The third-order valence-electron chi connectivity index (χ3n) is 2.30. The van der Waals surface area contributed by atoms with Crippen molar-refractivity contribution >= 4 is 5.97 Å². The maximum Gasteiger partial charge on any atom is 0.109 e. The Labute approximate surface area is 74.1 Å². The van der Waals surface area contributed by atoms with Crippen LogP contribution in [0.5, 0.6) is 0 Å². The molecule has 1 aliphatic rings. The predicted octanol–water partition coefficient (Wildman–Crippen LogP) is -3.80. The number of carbonyl (C=O) groups excluding carboxylic acids is 1. The van der Waals surface area contributed by atoms with Gasteiger partial charge in [0.1, 0.15) is 12.2 Å². The van der Waals surface area contributed by atoms with Crippen LogP contribution in [0.4, 0.5) is 0 Å². The van der Waals surface area contributed by atoms with E-state index in [0.29, 0.717) is 0 Å². The molecule has 0 bridgehead atoms. The van der Waals surface area contributed by atoms with E-state index in [1.807, 2.05) is 0 Å². The minimum Gasteiger partial charge on any atom is -0.550 e. The molecule has 0 spiro atoms. The van der Waals surface area contributed by atoms with Gasteiger partial charge in [-0.25, -0.2) is 0 Å². The minimum atomic E-state index is -1.65. The second kappa shape index (κ2) is 3.59. The zero-order valence-corrected chi connectivity index (χ0v) is 6.70. The largest absolute Gasteiger partial charge is 0.550 e. The van der Waals surface area contributed by atoms with Crippen LogP contribution in [0.1, 0.15) is 6.42 Å². The van der Waals surface area contributed by atoms with Gasteiger partial charge in [-0.15, -0.1) is 0 Å². The van der Waals surface area contributed by atoms with Crippen molar-refractivity contribution in [1.82, 2.24) is 0 Å². The van der Waals surface area contributed by atoms with Gasteiger partial charge in [-0.3, -0.25) is 0 Å². The smallest absolute Gasteiger partial charge is 0.109 e. The summed E-state index contributed by atoms with van der Waals surface area (Å²) in [6, 6.07) is 0. The van der Waals surface area contributed by atoms with Crippen LogP contribution in [0.3, 0.4) is 0 Å². The molecule has 4 N–H and O–H groups in total. The van der Waals surface area contributed by atoms with Crippen molar-refractivity contribution in [2.45, 2.75) is 30.8 Å². The van der Waals surface area contributed by atoms with E-state index >= 15 is 0 Å². The molecular weight excluding hydrogens is 180 g/mol. The van der Waals surface area contributed by atoms with E-state index in [1.165, 1.54) is 0 Å². The average molecular weight is 191 g/mol. The van der Waals surface area contributed by atoms with Gasteiger partial charge in [-0.2, -0.15) is 0 Å². The first-order chi connectivity index (χ1) is 5.95. The highest BCUT2D eigenvalue weighted by molar-refractivity contribution is 5.68. The molecular formula is C7H11O6-. The van der Waals surface area contributed by atoms with Crippen LogP contribution in [0, 0.1) is 5.92 Å². The van der Waals surface area contributed by atoms with Crippen LogP contribution < -0.4 is 5.11 Å². The van der Waals surface area contributed by atoms with Crippen molar-refractivity contribution in [3.63, 3.8) is 0 Å². The van der Waals surface area contributed by atoms with Gasteiger partial charge in [-0.05, 0) is 6.42 Å². The topological polar surface area (TPSA) is 121 Å². The van der Waals surface area contributed by atoms with E-state index in [4.69, 9.17) is 20.4 Å². The number of rotatable bonds is 1. The Morgan fingerprint density at radius 2 is 1.62 bits per heavy atom. The van der Waals surface area contributed by atoms with Gasteiger partial charge in [0.2, 0.25) is 0 Å². The molecule has 0 aromatic carbocycles. The van der Waals surface area contributed by atoms with Crippen LogP contribution in [-0.2, 0) is 4.79 Å². The van der Waals surface area contributed by atoms with Crippen LogP contribution in [0.2, 0.25) is 0 Å². The molecule has 0 aromatic heterocycles. The van der Waals surface area contributed by atoms with Crippen LogP contribution in [-0.4, -0.2) is 50.8 Å². The third-order valence-corrected chi connectivity index (χ3v) is 2.30. The maximum atomic E-state index is 10.4. The number of aliphatic hydroxyl groups is 4. The summed E-state index contributed by atoms with van der Waals surface area (Å²) in [5.41, 5.74) is 0. The summed E-state index contributed by atoms with van der Waals surface area (Å²) in [4.78, 5) is 10.4. The summed E-state index contributed by atoms with van der Waals surface area (Å²) in [6.45, 7) is 0. The number of carboxylic acids is 1. The molecule has 1 aliphatic carbocycles. The Bertz CT molecular complexity index is 205. The molecule has 6 nitrogen and oxygen atoms in total. The van der Waals surface area contributed by atoms with Crippen molar-refractivity contribution < 1.29 is 30.3 Å². The zero-order valence-electron chi connectivity index (χ0n) is 6.70. The van der Waals surface area contributed by atoms with Gasteiger partial charge in [0.15, 0.2) is 0 Å². The molecule has 0 radical (unpaired) electrons. The Hall–Kier alpha value is -0.690. The van der Waals surface area contributed by atoms with E-state index in [1.54, 1.807) is 0 Å². The fourth-order valence-electron chi connectivity index (χ4n) is 1.44. The van der Waals surface area contributed by atoms with Gasteiger partial charge in [0, 0.05) is 11.9 Å². The van der Waals surface area contributed by atoms with Crippen molar-refractivity contribution in [3.8, 4) is 0 Å². The number of hydrogen-bond acceptors (Lipinski definition) is 6. The summed E-state index contributed by atoms with van der Waals surface area (Å²) in [5, 5.41) is 46.7. The van der Waals surface area contributed by atoms with E-state index in [-0.39, 0.29) is 6.42 Å². The molecule has 13 heavy (non-hydrogen) atoms. The monoisotopic (exact) mass is 191 g/mol. The number of aliphatic carboxylic acids is 1. The first-order valence-electron chi connectivity index (χ1n) is 3.88. The van der Waals surface area contributed by atoms with Crippen molar-refractivity contribution in [3.05, 3.63) is 0 Å². The Kier molecular flexibility index (Phi) is 2.87. The molecule has 76 valence electrons. The normalized spacial score (nSPS) is 46.0. The molecule has 0 aromatic rings. The Morgan fingerprint density at radius 3 is 2.08 bits per heavy atom. The molecule has 0 saturated heterocycles. The molecule has 2 unspecified atom stereocenters. The first kappa shape index (κ1) is 10.4. The molecule has 0 amide bonds. The predicted molar refractivity (Wildman–Crippen MR) is 37.1 cm³/mol. The number of hydrogen-bond donors (Lipinski definition) is 4. The van der Waals surface area contributed by atoms with Gasteiger partial charge in [-0.1, -0.05) is 0 Å². The quantitative estimate of drug-likeness (QED) is 0.337. The van der Waals surface area contributed by atoms with Crippen molar-refractivity contribution in [1.29, 1.82) is 0 Å². The molecule has 0 aliphatic heterocycles. The molecule has 0 heterocycles. The highest BCUT2D eigenvalue weighted by Crippen LogP contribution is 2.25. The van der Waals surface area contributed by atoms with E-state index < -0.39 is 36.3 Å². The van der Waals surface area contributed by atoms with Gasteiger partial charge in [0.25, 0.3) is 0 Å². The summed E-state index contributed by atoms with van der Waals surface area (Å²) in [7, 11) is 0.